The summed E-state index contributed by atoms with van der Waals surface area (Å²) in [5.74, 6) is 0.734. The van der Waals surface area contributed by atoms with Gasteiger partial charge < -0.3 is 10.2 Å². The van der Waals surface area contributed by atoms with Crippen molar-refractivity contribution in [1.29, 1.82) is 0 Å². The lowest BCUT2D eigenvalue weighted by atomic mass is 9.46. The topological polar surface area (TPSA) is 74.6 Å². The maximum atomic E-state index is 12.3. The molecular formula is C21H28O4. The second-order valence-corrected chi connectivity index (χ2v) is 9.05. The highest BCUT2D eigenvalue weighted by Gasteiger charge is 2.62. The molecule has 3 saturated carbocycles. The van der Waals surface area contributed by atoms with Crippen LogP contribution in [0.5, 0.6) is 0 Å². The summed E-state index contributed by atoms with van der Waals surface area (Å²) in [6.45, 7) is 3.92. The van der Waals surface area contributed by atoms with Crippen molar-refractivity contribution < 1.29 is 19.8 Å². The van der Waals surface area contributed by atoms with Crippen molar-refractivity contribution in [3.05, 3.63) is 23.8 Å². The van der Waals surface area contributed by atoms with Gasteiger partial charge in [0, 0.05) is 17.3 Å². The number of hydrogen-bond donors (Lipinski definition) is 2. The zero-order chi connectivity index (χ0) is 18.0. The summed E-state index contributed by atoms with van der Waals surface area (Å²) in [5, 5.41) is 20.5. The van der Waals surface area contributed by atoms with Crippen LogP contribution in [0.1, 0.15) is 46.0 Å². The van der Waals surface area contributed by atoms with Gasteiger partial charge in [-0.15, -0.1) is 0 Å². The van der Waals surface area contributed by atoms with Gasteiger partial charge in [-0.25, -0.2) is 0 Å². The molecular weight excluding hydrogens is 316 g/mol. The van der Waals surface area contributed by atoms with Crippen LogP contribution in [0.3, 0.4) is 0 Å². The largest absolute Gasteiger partial charge is 0.393 e. The van der Waals surface area contributed by atoms with Crippen molar-refractivity contribution >= 4 is 11.6 Å². The van der Waals surface area contributed by atoms with Gasteiger partial charge in [0.15, 0.2) is 11.6 Å². The number of rotatable bonds is 2. The van der Waals surface area contributed by atoms with Gasteiger partial charge in [0.05, 0.1) is 6.10 Å². The molecule has 7 atom stereocenters. The van der Waals surface area contributed by atoms with Crippen LogP contribution in [0.2, 0.25) is 0 Å². The van der Waals surface area contributed by atoms with Crippen molar-refractivity contribution in [3.8, 4) is 0 Å². The lowest BCUT2D eigenvalue weighted by Crippen LogP contribution is -2.56. The minimum absolute atomic E-state index is 0.0514. The molecule has 0 radical (unpaired) electrons. The number of ketones is 2. The van der Waals surface area contributed by atoms with Crippen LogP contribution >= 0.6 is 0 Å². The van der Waals surface area contributed by atoms with Crippen LogP contribution in [0, 0.1) is 34.5 Å². The van der Waals surface area contributed by atoms with Gasteiger partial charge in [0.2, 0.25) is 0 Å². The van der Waals surface area contributed by atoms with Crippen molar-refractivity contribution in [2.24, 2.45) is 34.5 Å². The zero-order valence-corrected chi connectivity index (χ0v) is 15.1. The van der Waals surface area contributed by atoms with E-state index in [2.05, 4.69) is 13.8 Å². The maximum Gasteiger partial charge on any atom is 0.178 e. The lowest BCUT2D eigenvalue weighted by molar-refractivity contribution is -0.141. The number of carbonyl (C=O) groups excluding carboxylic acids is 2. The molecule has 0 bridgehead atoms. The molecule has 0 aromatic rings. The Labute approximate surface area is 149 Å². The van der Waals surface area contributed by atoms with Crippen LogP contribution in [0.25, 0.3) is 0 Å². The Kier molecular flexibility index (Phi) is 3.86. The maximum absolute atomic E-state index is 12.3. The second-order valence-electron chi connectivity index (χ2n) is 9.05. The SMILES string of the molecule is C[C@]12C[C@H](O)C3[C@@H](CCC4=CC(=O)C=C[C@@]43C)C1CCC2C(=O)CO. The van der Waals surface area contributed by atoms with E-state index in [1.807, 2.05) is 6.08 Å². The third kappa shape index (κ3) is 2.26. The van der Waals surface area contributed by atoms with Crippen LogP contribution in [0.15, 0.2) is 23.8 Å². The molecule has 4 rings (SSSR count). The predicted molar refractivity (Wildman–Crippen MR) is 93.6 cm³/mol. The molecule has 0 heterocycles. The number of Topliss-reactive ketones (excluding diaryl/α,β-unsaturated/α-hetero) is 1. The second kappa shape index (κ2) is 5.62. The molecule has 0 aliphatic heterocycles. The molecule has 136 valence electrons. The molecule has 4 aliphatic rings. The van der Waals surface area contributed by atoms with Gasteiger partial charge in [-0.2, -0.15) is 0 Å². The Hall–Kier alpha value is -1.26. The standard InChI is InChI=1S/C21H28O4/c1-20-8-7-13(23)9-12(20)3-4-14-15-5-6-16(18(25)11-22)21(15,2)10-17(24)19(14)20/h7-9,14-17,19,22,24H,3-6,10-11H2,1-2H3/t14-,15?,16?,17-,19?,20-,21-/m0/s1. The fourth-order valence-corrected chi connectivity index (χ4v) is 6.96. The van der Waals surface area contributed by atoms with Crippen molar-refractivity contribution in [1.82, 2.24) is 0 Å². The fourth-order valence-electron chi connectivity index (χ4n) is 6.96. The molecule has 2 N–H and O–H groups in total. The van der Waals surface area contributed by atoms with Crippen molar-refractivity contribution in [2.75, 3.05) is 6.61 Å². The van der Waals surface area contributed by atoms with Crippen LogP contribution in [-0.2, 0) is 9.59 Å². The first-order valence-electron chi connectivity index (χ1n) is 9.57. The van der Waals surface area contributed by atoms with E-state index in [0.29, 0.717) is 18.3 Å². The number of fused-ring (bicyclic) bond motifs is 5. The van der Waals surface area contributed by atoms with Crippen LogP contribution < -0.4 is 0 Å². The van der Waals surface area contributed by atoms with Crippen LogP contribution in [0.4, 0.5) is 0 Å². The number of aliphatic hydroxyl groups is 2. The van der Waals surface area contributed by atoms with E-state index in [0.717, 1.165) is 31.3 Å². The molecule has 0 amide bonds. The zero-order valence-electron chi connectivity index (χ0n) is 15.1. The minimum atomic E-state index is -0.482. The first-order chi connectivity index (χ1) is 11.8. The van der Waals surface area contributed by atoms with Gasteiger partial charge in [0.25, 0.3) is 0 Å². The molecule has 0 aromatic carbocycles. The average Bonchev–Trinajstić information content (AvgIpc) is 2.91. The molecule has 0 saturated heterocycles. The first-order valence-corrected chi connectivity index (χ1v) is 9.57. The molecule has 3 fully saturated rings. The summed E-state index contributed by atoms with van der Waals surface area (Å²) in [7, 11) is 0. The molecule has 0 aromatic heterocycles. The third-order valence-electron chi connectivity index (χ3n) is 8.04. The molecule has 3 unspecified atom stereocenters. The van der Waals surface area contributed by atoms with E-state index in [1.54, 1.807) is 12.2 Å². The van der Waals surface area contributed by atoms with E-state index in [1.165, 1.54) is 0 Å². The highest BCUT2D eigenvalue weighted by atomic mass is 16.3. The number of allylic oxidation sites excluding steroid dienone is 4. The van der Waals surface area contributed by atoms with E-state index >= 15 is 0 Å². The summed E-state index contributed by atoms with van der Waals surface area (Å²) >= 11 is 0. The highest BCUT2D eigenvalue weighted by molar-refractivity contribution is 6.01. The van der Waals surface area contributed by atoms with Crippen molar-refractivity contribution in [2.45, 2.75) is 52.1 Å². The third-order valence-corrected chi connectivity index (χ3v) is 8.04. The molecule has 4 heteroatoms. The van der Waals surface area contributed by atoms with Gasteiger partial charge in [-0.05, 0) is 61.5 Å². The summed E-state index contributed by atoms with van der Waals surface area (Å²) < 4.78 is 0. The molecule has 0 spiro atoms. The monoisotopic (exact) mass is 344 g/mol. The summed E-state index contributed by atoms with van der Waals surface area (Å²) in [6.07, 6.45) is 9.25. The van der Waals surface area contributed by atoms with E-state index < -0.39 is 12.7 Å². The fraction of sp³-hybridized carbons (Fsp3) is 0.714. The van der Waals surface area contributed by atoms with E-state index in [9.17, 15) is 19.8 Å². The Bertz CT molecular complexity index is 677. The normalized spacial score (nSPS) is 48.4. The summed E-state index contributed by atoms with van der Waals surface area (Å²) in [6, 6.07) is 0. The Morgan fingerprint density at radius 3 is 2.76 bits per heavy atom. The van der Waals surface area contributed by atoms with E-state index in [4.69, 9.17) is 0 Å². The number of hydrogen-bond acceptors (Lipinski definition) is 4. The summed E-state index contributed by atoms with van der Waals surface area (Å²) in [5.41, 5.74) is 0.688. The molecule has 4 nitrogen and oxygen atoms in total. The first kappa shape index (κ1) is 17.2. The molecule has 25 heavy (non-hydrogen) atoms. The lowest BCUT2D eigenvalue weighted by Gasteiger charge is -2.58. The summed E-state index contributed by atoms with van der Waals surface area (Å²) in [4.78, 5) is 24.1. The van der Waals surface area contributed by atoms with Gasteiger partial charge >= 0.3 is 0 Å². The van der Waals surface area contributed by atoms with Crippen LogP contribution in [-0.4, -0.2) is 34.5 Å². The van der Waals surface area contributed by atoms with E-state index in [-0.39, 0.29) is 34.2 Å². The minimum Gasteiger partial charge on any atom is -0.393 e. The Morgan fingerprint density at radius 1 is 1.28 bits per heavy atom. The quantitative estimate of drug-likeness (QED) is 0.807. The highest BCUT2D eigenvalue weighted by Crippen LogP contribution is 2.65. The average molecular weight is 344 g/mol. The smallest absolute Gasteiger partial charge is 0.178 e. The number of aliphatic hydroxyl groups excluding tert-OH is 2. The van der Waals surface area contributed by atoms with Gasteiger partial charge in [0.1, 0.15) is 6.61 Å². The predicted octanol–water partition coefficient (Wildman–Crippen LogP) is 2.44. The van der Waals surface area contributed by atoms with Gasteiger partial charge in [-0.1, -0.05) is 25.5 Å². The Morgan fingerprint density at radius 2 is 2.04 bits per heavy atom. The molecule has 4 aliphatic carbocycles. The Balaban J connectivity index is 1.71. The van der Waals surface area contributed by atoms with Gasteiger partial charge in [-0.3, -0.25) is 9.59 Å². The van der Waals surface area contributed by atoms with Crippen molar-refractivity contribution in [3.63, 3.8) is 0 Å². The number of carbonyl (C=O) groups is 2.